The fraction of sp³-hybridized carbons (Fsp3) is 0.922. The number of ether oxygens (including phenoxy) is 10. The zero-order valence-corrected chi connectivity index (χ0v) is 58.7. The highest BCUT2D eigenvalue weighted by Crippen LogP contribution is 2.41. The topological polar surface area (TPSA) is 246 Å². The van der Waals surface area contributed by atoms with E-state index in [0.717, 1.165) is 76.7 Å². The second-order valence-electron chi connectivity index (χ2n) is 29.6. The lowest BCUT2D eigenvalue weighted by molar-refractivity contribution is -0.141. The predicted octanol–water partition coefficient (Wildman–Crippen LogP) is 12.5. The summed E-state index contributed by atoms with van der Waals surface area (Å²) < 4.78 is 54.9. The Hall–Kier alpha value is -3.51. The number of carbonyl (C=O) groups excluding carboxylic acids is 5. The number of alkyl carbamates (subject to hydrolysis) is 1. The SMILES string of the molecule is COC(=O)CC[C@H]1COC(C)(C)N1C(=O)OC(C)(C)C.COC1(CC[C@@H](CO)NC(=O)OC(C)(C)C)CCCC1.COC1(CC[C@H](N)CN(C)C(=O)OCC[Si](C)(C)C)CCCC1.COC1(CC[C@H]2COC(C)(C)N2C(=O)OC(C)(C)C)CCCC1. The van der Waals surface area contributed by atoms with E-state index >= 15 is 0 Å². The maximum absolute atomic E-state index is 12.6. The van der Waals surface area contributed by atoms with E-state index in [4.69, 9.17) is 48.4 Å². The minimum absolute atomic E-state index is 0.00760. The number of hydrogen-bond acceptors (Lipinski definition) is 17. The van der Waals surface area contributed by atoms with E-state index in [9.17, 15) is 29.1 Å². The van der Waals surface area contributed by atoms with Crippen molar-refractivity contribution in [2.24, 2.45) is 5.73 Å². The number of esters is 1. The summed E-state index contributed by atoms with van der Waals surface area (Å²) in [6, 6.07) is 0.552. The molecule has 5 fully saturated rings. The van der Waals surface area contributed by atoms with Gasteiger partial charge in [0, 0.05) is 55.5 Å². The smallest absolute Gasteiger partial charge is 0.412 e. The Morgan fingerprint density at radius 2 is 1.03 bits per heavy atom. The standard InChI is InChI=1S/C18H33NO4.C17H36N2O3Si.C15H29NO4.C14H25NO5/c1-16(2,3)23-15(20)19-14(13-22-17(19,4)5)9-12-18(21-6)10-7-8-11-18;1-19(16(20)22-12-13-23(3,4)5)14-15(18)8-11-17(21-2)9-6-7-10-17;1-14(2,3)20-13(18)16-12(11-17)7-10-15(19-4)8-5-6-9-15;1-13(2,3)20-12(17)15-10(7-8-11(16)18-6)9-19-14(15,4)5/h14H,7-13H2,1-6H3;15H,6-14,18H2,1-5H3;12,17H,5-11H2,1-4H3,(H,16,18);10H,7-9H2,1-6H3/t14-;15-;12-;10-/m0000/s1. The van der Waals surface area contributed by atoms with Crippen molar-refractivity contribution < 1.29 is 76.4 Å². The van der Waals surface area contributed by atoms with Crippen molar-refractivity contribution >= 4 is 38.4 Å². The number of aliphatic hydroxyl groups is 1. The number of carbonyl (C=O) groups is 5. The van der Waals surface area contributed by atoms with Gasteiger partial charge in [0.05, 0.1) is 68.5 Å². The Labute approximate surface area is 520 Å². The fourth-order valence-electron chi connectivity index (χ4n) is 11.7. The zero-order valence-electron chi connectivity index (χ0n) is 57.7. The molecule has 0 aromatic carbocycles. The molecule has 4 N–H and O–H groups in total. The monoisotopic (exact) mass is 1250 g/mol. The quantitative estimate of drug-likeness (QED) is 0.0518. The third-order valence-electron chi connectivity index (χ3n) is 16.8. The van der Waals surface area contributed by atoms with E-state index in [2.05, 4.69) is 29.7 Å². The number of methoxy groups -OCH3 is 4. The van der Waals surface area contributed by atoms with Crippen LogP contribution in [0.25, 0.3) is 0 Å². The summed E-state index contributed by atoms with van der Waals surface area (Å²) in [5, 5.41) is 12.1. The van der Waals surface area contributed by atoms with Crippen LogP contribution in [0.3, 0.4) is 0 Å². The van der Waals surface area contributed by atoms with E-state index in [0.29, 0.717) is 39.2 Å². The molecule has 0 aromatic heterocycles. The molecule has 0 aromatic rings. The summed E-state index contributed by atoms with van der Waals surface area (Å²) >= 11 is 0. The highest BCUT2D eigenvalue weighted by Gasteiger charge is 2.48. The van der Waals surface area contributed by atoms with Crippen LogP contribution in [0.15, 0.2) is 0 Å². The van der Waals surface area contributed by atoms with Gasteiger partial charge in [-0.1, -0.05) is 58.2 Å². The molecule has 5 aliphatic rings. The third-order valence-corrected chi connectivity index (χ3v) is 18.5. The van der Waals surface area contributed by atoms with Crippen LogP contribution in [0.4, 0.5) is 19.2 Å². The van der Waals surface area contributed by atoms with Crippen LogP contribution in [-0.4, -0.2) is 196 Å². The maximum atomic E-state index is 12.6. The van der Waals surface area contributed by atoms with Crippen molar-refractivity contribution in [3.63, 3.8) is 0 Å². The van der Waals surface area contributed by atoms with Crippen LogP contribution in [0.1, 0.15) is 218 Å². The van der Waals surface area contributed by atoms with E-state index in [-0.39, 0.29) is 72.2 Å². The van der Waals surface area contributed by atoms with E-state index in [1.165, 1.54) is 45.6 Å². The van der Waals surface area contributed by atoms with Gasteiger partial charge in [-0.3, -0.25) is 14.6 Å². The molecule has 3 aliphatic carbocycles. The number of aliphatic hydroxyl groups excluding tert-OH is 1. The molecule has 22 heteroatoms. The van der Waals surface area contributed by atoms with Gasteiger partial charge in [0.25, 0.3) is 0 Å². The van der Waals surface area contributed by atoms with Crippen LogP contribution in [0.5, 0.6) is 0 Å². The van der Waals surface area contributed by atoms with E-state index < -0.39 is 48.5 Å². The molecular weight excluding hydrogens is 1120 g/mol. The van der Waals surface area contributed by atoms with Gasteiger partial charge in [-0.15, -0.1) is 0 Å². The molecule has 0 unspecified atom stereocenters. The highest BCUT2D eigenvalue weighted by atomic mass is 28.3. The Morgan fingerprint density at radius 3 is 1.41 bits per heavy atom. The molecule has 5 rings (SSSR count). The first-order chi connectivity index (χ1) is 39.6. The lowest BCUT2D eigenvalue weighted by Gasteiger charge is -2.36. The summed E-state index contributed by atoms with van der Waals surface area (Å²) in [4.78, 5) is 64.8. The molecule has 86 heavy (non-hydrogen) atoms. The van der Waals surface area contributed by atoms with Gasteiger partial charge in [-0.05, 0) is 180 Å². The molecule has 4 atom stereocenters. The molecule has 0 bridgehead atoms. The first-order valence-electron chi connectivity index (χ1n) is 31.9. The van der Waals surface area contributed by atoms with Crippen molar-refractivity contribution in [2.45, 2.75) is 313 Å². The normalized spacial score (nSPS) is 21.7. The molecule has 4 amide bonds. The first kappa shape index (κ1) is 78.6. The number of nitrogens with two attached hydrogens (primary N) is 1. The van der Waals surface area contributed by atoms with Crippen molar-refractivity contribution in [1.82, 2.24) is 20.0 Å². The van der Waals surface area contributed by atoms with E-state index in [1.54, 1.807) is 36.0 Å². The Kier molecular flexibility index (Phi) is 31.6. The molecule has 504 valence electrons. The molecule has 0 radical (unpaired) electrons. The van der Waals surface area contributed by atoms with Gasteiger partial charge in [0.15, 0.2) is 0 Å². The summed E-state index contributed by atoms with van der Waals surface area (Å²) in [5.41, 5.74) is 3.20. The Morgan fingerprint density at radius 1 is 0.640 bits per heavy atom. The molecule has 2 aliphatic heterocycles. The second kappa shape index (κ2) is 34.6. The fourth-order valence-corrected chi connectivity index (χ4v) is 12.5. The van der Waals surface area contributed by atoms with Gasteiger partial charge in [0.2, 0.25) is 0 Å². The average Bonchev–Trinajstić information content (AvgIpc) is 1.82. The number of likely N-dealkylation sites (N-methyl/N-ethyl adjacent to an activating group) is 1. The van der Waals surface area contributed by atoms with Crippen molar-refractivity contribution in [3.05, 3.63) is 0 Å². The van der Waals surface area contributed by atoms with Crippen molar-refractivity contribution in [2.75, 3.05) is 68.5 Å². The van der Waals surface area contributed by atoms with Crippen LogP contribution in [-0.2, 0) is 52.2 Å². The number of amides is 4. The van der Waals surface area contributed by atoms with Gasteiger partial charge < -0.3 is 68.4 Å². The van der Waals surface area contributed by atoms with Crippen molar-refractivity contribution in [3.8, 4) is 0 Å². The van der Waals surface area contributed by atoms with Gasteiger partial charge in [-0.25, -0.2) is 19.2 Å². The largest absolute Gasteiger partial charge is 0.469 e. The molecule has 2 heterocycles. The number of rotatable bonds is 22. The van der Waals surface area contributed by atoms with Crippen LogP contribution >= 0.6 is 0 Å². The molecular formula is C64H123N5O16Si. The molecule has 0 spiro atoms. The summed E-state index contributed by atoms with van der Waals surface area (Å²) in [6.45, 7) is 32.8. The lowest BCUT2D eigenvalue weighted by Crippen LogP contribution is -2.50. The average molecular weight is 1250 g/mol. The Bertz CT molecular complexity index is 2030. The van der Waals surface area contributed by atoms with Crippen molar-refractivity contribution in [1.29, 1.82) is 0 Å². The maximum Gasteiger partial charge on any atom is 0.412 e. The second-order valence-corrected chi connectivity index (χ2v) is 35.3. The minimum atomic E-state index is -1.17. The first-order valence-corrected chi connectivity index (χ1v) is 35.6. The molecule has 2 saturated heterocycles. The van der Waals surface area contributed by atoms with Gasteiger partial charge in [-0.2, -0.15) is 0 Å². The minimum Gasteiger partial charge on any atom is -0.469 e. The molecule has 21 nitrogen and oxygen atoms in total. The van der Waals surface area contributed by atoms with Gasteiger partial charge in [0.1, 0.15) is 28.3 Å². The highest BCUT2D eigenvalue weighted by molar-refractivity contribution is 6.76. The summed E-state index contributed by atoms with van der Waals surface area (Å²) in [5.74, 6) is -0.293. The lowest BCUT2D eigenvalue weighted by atomic mass is 9.93. The zero-order chi connectivity index (χ0) is 65.6. The van der Waals surface area contributed by atoms with Crippen LogP contribution in [0.2, 0.25) is 25.7 Å². The summed E-state index contributed by atoms with van der Waals surface area (Å²) in [6.07, 6.45) is 18.5. The van der Waals surface area contributed by atoms with Gasteiger partial charge >= 0.3 is 30.3 Å². The predicted molar refractivity (Wildman–Crippen MR) is 338 cm³/mol. The third kappa shape index (κ3) is 28.5. The van der Waals surface area contributed by atoms with E-state index in [1.807, 2.05) is 97.1 Å². The number of nitrogens with one attached hydrogen (secondary N) is 1. The Balaban J connectivity index is 0.000000392. The van der Waals surface area contributed by atoms with Crippen LogP contribution in [0, 0.1) is 0 Å². The summed E-state index contributed by atoms with van der Waals surface area (Å²) in [7, 11) is 7.31. The number of nitrogens with zero attached hydrogens (tertiary/aromatic N) is 3. The van der Waals surface area contributed by atoms with Crippen LogP contribution < -0.4 is 11.1 Å². The molecule has 3 saturated carbocycles. The number of hydrogen-bond donors (Lipinski definition) is 3.